The SMILES string of the molecule is Cc1nc(C(=O)C(c2oc3ccccc3c2C#N)C2CCCCN2)c(-c2ccc(F)cc2)s1. The average molecular weight is 460 g/mol. The highest BCUT2D eigenvalue weighted by Gasteiger charge is 2.39. The number of nitrogens with one attached hydrogen (secondary N) is 1. The summed E-state index contributed by atoms with van der Waals surface area (Å²) in [5, 5.41) is 14.9. The summed E-state index contributed by atoms with van der Waals surface area (Å²) < 4.78 is 19.7. The molecule has 0 radical (unpaired) electrons. The lowest BCUT2D eigenvalue weighted by atomic mass is 9.83. The van der Waals surface area contributed by atoms with E-state index in [0.717, 1.165) is 36.4 Å². The molecule has 0 spiro atoms. The number of rotatable bonds is 5. The number of carbonyl (C=O) groups excluding carboxylic acids is 1. The van der Waals surface area contributed by atoms with Crippen molar-refractivity contribution in [3.8, 4) is 16.5 Å². The van der Waals surface area contributed by atoms with Crippen molar-refractivity contribution in [3.63, 3.8) is 0 Å². The zero-order valence-corrected chi connectivity index (χ0v) is 18.9. The lowest BCUT2D eigenvalue weighted by Crippen LogP contribution is -2.42. The molecule has 4 aromatic rings. The van der Waals surface area contributed by atoms with Crippen LogP contribution in [-0.2, 0) is 0 Å². The molecule has 1 aliphatic heterocycles. The topological polar surface area (TPSA) is 78.9 Å². The summed E-state index contributed by atoms with van der Waals surface area (Å²) in [6.07, 6.45) is 2.83. The lowest BCUT2D eigenvalue weighted by molar-refractivity contribution is 0.0916. The normalized spacial score (nSPS) is 17.1. The molecule has 0 bridgehead atoms. The summed E-state index contributed by atoms with van der Waals surface area (Å²) in [6.45, 7) is 2.65. The molecular weight excluding hydrogens is 437 g/mol. The molecular formula is C26H22FN3O2S. The molecule has 3 heterocycles. The fourth-order valence-corrected chi connectivity index (χ4v) is 5.51. The predicted octanol–water partition coefficient (Wildman–Crippen LogP) is 5.98. The van der Waals surface area contributed by atoms with Gasteiger partial charge in [-0.15, -0.1) is 11.3 Å². The van der Waals surface area contributed by atoms with Gasteiger partial charge in [-0.3, -0.25) is 4.79 Å². The zero-order chi connectivity index (χ0) is 22.9. The summed E-state index contributed by atoms with van der Waals surface area (Å²) in [5.74, 6) is -0.821. The van der Waals surface area contributed by atoms with E-state index in [2.05, 4.69) is 16.4 Å². The largest absolute Gasteiger partial charge is 0.459 e. The molecule has 2 atom stereocenters. The van der Waals surface area contributed by atoms with E-state index < -0.39 is 5.92 Å². The number of ketones is 1. The van der Waals surface area contributed by atoms with Crippen molar-refractivity contribution < 1.29 is 13.6 Å². The van der Waals surface area contributed by atoms with Gasteiger partial charge in [0.25, 0.3) is 0 Å². The Morgan fingerprint density at radius 1 is 1.24 bits per heavy atom. The zero-order valence-electron chi connectivity index (χ0n) is 18.1. The summed E-state index contributed by atoms with van der Waals surface area (Å²) in [7, 11) is 0. The van der Waals surface area contributed by atoms with Crippen molar-refractivity contribution in [2.75, 3.05) is 6.54 Å². The Bertz CT molecular complexity index is 1360. The molecule has 2 aromatic heterocycles. The van der Waals surface area contributed by atoms with Crippen molar-refractivity contribution >= 4 is 28.1 Å². The number of halogens is 1. The summed E-state index contributed by atoms with van der Waals surface area (Å²) in [4.78, 5) is 19.4. The summed E-state index contributed by atoms with van der Waals surface area (Å²) >= 11 is 1.41. The van der Waals surface area contributed by atoms with E-state index in [-0.39, 0.29) is 17.6 Å². The number of benzene rings is 2. The van der Waals surface area contributed by atoms with E-state index in [9.17, 15) is 14.4 Å². The second-order valence-corrected chi connectivity index (χ2v) is 9.47. The maximum Gasteiger partial charge on any atom is 0.194 e. The van der Waals surface area contributed by atoms with Gasteiger partial charge in [0.15, 0.2) is 5.78 Å². The number of aryl methyl sites for hydroxylation is 1. The fraction of sp³-hybridized carbons (Fsp3) is 0.269. The molecule has 5 rings (SSSR count). The number of nitriles is 1. The van der Waals surface area contributed by atoms with Crippen LogP contribution in [0.4, 0.5) is 4.39 Å². The minimum absolute atomic E-state index is 0.165. The molecule has 2 unspecified atom stereocenters. The standard InChI is InChI=1S/C26H22FN3O2S/c1-15-30-23(26(33-15)16-9-11-17(27)12-10-16)24(31)22(20-7-4-5-13-29-20)25-19(14-28)18-6-2-3-8-21(18)32-25/h2-3,6,8-12,20,22,29H,4-5,7,13H2,1H3. The van der Waals surface area contributed by atoms with E-state index in [1.165, 1.54) is 23.5 Å². The smallest absolute Gasteiger partial charge is 0.194 e. The van der Waals surface area contributed by atoms with E-state index in [0.29, 0.717) is 32.9 Å². The van der Waals surface area contributed by atoms with Crippen molar-refractivity contribution in [3.05, 3.63) is 76.4 Å². The first-order chi connectivity index (χ1) is 16.1. The second-order valence-electron chi connectivity index (χ2n) is 8.27. The first-order valence-corrected chi connectivity index (χ1v) is 11.8. The van der Waals surface area contributed by atoms with Crippen LogP contribution in [0.3, 0.4) is 0 Å². The Morgan fingerprint density at radius 3 is 2.76 bits per heavy atom. The molecule has 33 heavy (non-hydrogen) atoms. The highest BCUT2D eigenvalue weighted by Crippen LogP contribution is 2.39. The maximum absolute atomic E-state index is 14.1. The monoisotopic (exact) mass is 459 g/mol. The molecule has 2 aromatic carbocycles. The summed E-state index contributed by atoms with van der Waals surface area (Å²) in [6, 6.07) is 15.5. The van der Waals surface area contributed by atoms with Gasteiger partial charge in [-0.05, 0) is 56.1 Å². The van der Waals surface area contributed by atoms with Gasteiger partial charge in [-0.1, -0.05) is 30.7 Å². The first-order valence-electron chi connectivity index (χ1n) is 11.0. The number of hydrogen-bond donors (Lipinski definition) is 1. The molecule has 1 fully saturated rings. The Balaban J connectivity index is 1.66. The highest BCUT2D eigenvalue weighted by molar-refractivity contribution is 7.15. The third kappa shape index (κ3) is 3.97. The highest BCUT2D eigenvalue weighted by atomic mass is 32.1. The fourth-order valence-electron chi connectivity index (χ4n) is 4.58. The third-order valence-corrected chi connectivity index (χ3v) is 7.14. The van der Waals surface area contributed by atoms with E-state index in [4.69, 9.17) is 4.42 Å². The molecule has 0 saturated carbocycles. The Labute approximate surface area is 194 Å². The number of para-hydroxylation sites is 1. The molecule has 1 saturated heterocycles. The van der Waals surface area contributed by atoms with Crippen molar-refractivity contribution in [1.82, 2.24) is 10.3 Å². The minimum Gasteiger partial charge on any atom is -0.459 e. The van der Waals surface area contributed by atoms with Crippen molar-refractivity contribution in [1.29, 1.82) is 5.26 Å². The van der Waals surface area contributed by atoms with Crippen LogP contribution in [0.2, 0.25) is 0 Å². The van der Waals surface area contributed by atoms with Crippen LogP contribution in [0.5, 0.6) is 0 Å². The number of aromatic nitrogens is 1. The van der Waals surface area contributed by atoms with Crippen molar-refractivity contribution in [2.24, 2.45) is 0 Å². The van der Waals surface area contributed by atoms with E-state index in [1.807, 2.05) is 31.2 Å². The molecule has 5 nitrogen and oxygen atoms in total. The van der Waals surface area contributed by atoms with E-state index in [1.54, 1.807) is 12.1 Å². The minimum atomic E-state index is -0.687. The van der Waals surface area contributed by atoms with Crippen LogP contribution < -0.4 is 5.32 Å². The Morgan fingerprint density at radius 2 is 2.03 bits per heavy atom. The van der Waals surface area contributed by atoms with Crippen LogP contribution in [0.25, 0.3) is 21.4 Å². The quantitative estimate of drug-likeness (QED) is 0.371. The molecule has 7 heteroatoms. The van der Waals surface area contributed by atoms with Gasteiger partial charge in [-0.2, -0.15) is 5.26 Å². The number of thiazole rings is 1. The van der Waals surface area contributed by atoms with Gasteiger partial charge in [-0.25, -0.2) is 9.37 Å². The molecule has 0 amide bonds. The Hall–Kier alpha value is -3.34. The van der Waals surface area contributed by atoms with Gasteiger partial charge >= 0.3 is 0 Å². The van der Waals surface area contributed by atoms with Crippen LogP contribution >= 0.6 is 11.3 Å². The predicted molar refractivity (Wildman–Crippen MR) is 126 cm³/mol. The van der Waals surface area contributed by atoms with Gasteiger partial charge in [0.05, 0.1) is 15.8 Å². The van der Waals surface area contributed by atoms with Gasteiger partial charge in [0.1, 0.15) is 34.5 Å². The van der Waals surface area contributed by atoms with Crippen LogP contribution in [0.1, 0.15) is 52.0 Å². The van der Waals surface area contributed by atoms with Crippen molar-refractivity contribution in [2.45, 2.75) is 38.1 Å². The molecule has 0 aliphatic carbocycles. The second kappa shape index (κ2) is 8.89. The van der Waals surface area contributed by atoms with Crippen LogP contribution in [-0.4, -0.2) is 23.4 Å². The average Bonchev–Trinajstić information content (AvgIpc) is 3.40. The number of fused-ring (bicyclic) bond motifs is 1. The molecule has 1 N–H and O–H groups in total. The number of carbonyl (C=O) groups is 1. The van der Waals surface area contributed by atoms with Crippen LogP contribution in [0, 0.1) is 24.1 Å². The number of Topliss-reactive ketones (excluding diaryl/α,β-unsaturated/α-hetero) is 1. The first kappa shape index (κ1) is 21.5. The Kier molecular flexibility index (Phi) is 5.79. The number of furan rings is 1. The van der Waals surface area contributed by atoms with E-state index >= 15 is 0 Å². The lowest BCUT2D eigenvalue weighted by Gasteiger charge is -2.29. The summed E-state index contributed by atoms with van der Waals surface area (Å²) in [5.41, 5.74) is 2.06. The molecule has 1 aliphatic rings. The van der Waals surface area contributed by atoms with Crippen LogP contribution in [0.15, 0.2) is 52.9 Å². The molecule has 166 valence electrons. The number of nitrogens with zero attached hydrogens (tertiary/aromatic N) is 2. The maximum atomic E-state index is 14.1. The van der Waals surface area contributed by atoms with Gasteiger partial charge in [0, 0.05) is 11.4 Å². The number of piperidine rings is 1. The number of hydrogen-bond acceptors (Lipinski definition) is 6. The van der Waals surface area contributed by atoms with Gasteiger partial charge < -0.3 is 9.73 Å². The van der Waals surface area contributed by atoms with Gasteiger partial charge in [0.2, 0.25) is 0 Å². The third-order valence-electron chi connectivity index (χ3n) is 6.12.